The van der Waals surface area contributed by atoms with Gasteiger partial charge in [0.1, 0.15) is 0 Å². The molecule has 0 saturated heterocycles. The van der Waals surface area contributed by atoms with Crippen molar-refractivity contribution in [3.63, 3.8) is 0 Å². The van der Waals surface area contributed by atoms with Gasteiger partial charge in [-0.25, -0.2) is 0 Å². The van der Waals surface area contributed by atoms with Crippen LogP contribution in [0.1, 0.15) is 20.8 Å². The van der Waals surface area contributed by atoms with Crippen LogP contribution in [0.5, 0.6) is 0 Å². The molecule has 0 bridgehead atoms. The van der Waals surface area contributed by atoms with Crippen LogP contribution in [0.2, 0.25) is 0 Å². The maximum Gasteiger partial charge on any atom is 0.156 e. The molecule has 0 saturated carbocycles. The standard InChI is InChI=1S/C9H15NO/c1-7(2)10(5)6-8(3)9(4)11/h6H,1H2,2-5H3/b8-6-. The Morgan fingerprint density at radius 2 is 1.82 bits per heavy atom. The van der Waals surface area contributed by atoms with Crippen molar-refractivity contribution in [1.82, 2.24) is 4.90 Å². The predicted molar refractivity (Wildman–Crippen MR) is 47.0 cm³/mol. The molecule has 62 valence electrons. The van der Waals surface area contributed by atoms with Crippen molar-refractivity contribution in [2.24, 2.45) is 0 Å². The molecule has 0 aliphatic rings. The van der Waals surface area contributed by atoms with Gasteiger partial charge in [-0.05, 0) is 20.8 Å². The van der Waals surface area contributed by atoms with E-state index >= 15 is 0 Å². The van der Waals surface area contributed by atoms with Crippen molar-refractivity contribution < 1.29 is 4.79 Å². The van der Waals surface area contributed by atoms with Gasteiger partial charge in [0.25, 0.3) is 0 Å². The van der Waals surface area contributed by atoms with E-state index in [1.807, 2.05) is 18.9 Å². The summed E-state index contributed by atoms with van der Waals surface area (Å²) in [7, 11) is 1.87. The van der Waals surface area contributed by atoms with E-state index in [1.54, 1.807) is 20.0 Å². The van der Waals surface area contributed by atoms with Crippen molar-refractivity contribution >= 4 is 5.78 Å². The van der Waals surface area contributed by atoms with E-state index in [-0.39, 0.29) is 5.78 Å². The summed E-state index contributed by atoms with van der Waals surface area (Å²) < 4.78 is 0. The van der Waals surface area contributed by atoms with E-state index < -0.39 is 0 Å². The Labute approximate surface area is 68.2 Å². The summed E-state index contributed by atoms with van der Waals surface area (Å²) in [4.78, 5) is 12.6. The molecular formula is C9H15NO. The number of allylic oxidation sites excluding steroid dienone is 2. The summed E-state index contributed by atoms with van der Waals surface area (Å²) in [6.07, 6.45) is 1.78. The van der Waals surface area contributed by atoms with Crippen LogP contribution in [0.3, 0.4) is 0 Å². The number of nitrogens with zero attached hydrogens (tertiary/aromatic N) is 1. The average molecular weight is 153 g/mol. The molecule has 0 amide bonds. The van der Waals surface area contributed by atoms with Gasteiger partial charge in [0.2, 0.25) is 0 Å². The Morgan fingerprint density at radius 1 is 1.36 bits per heavy atom. The molecular weight excluding hydrogens is 138 g/mol. The first-order chi connectivity index (χ1) is 4.95. The van der Waals surface area contributed by atoms with Crippen LogP contribution < -0.4 is 0 Å². The molecule has 0 aliphatic carbocycles. The maximum absolute atomic E-state index is 10.8. The van der Waals surface area contributed by atoms with Gasteiger partial charge in [0, 0.05) is 24.5 Å². The lowest BCUT2D eigenvalue weighted by Crippen LogP contribution is -2.08. The summed E-state index contributed by atoms with van der Waals surface area (Å²) in [5, 5.41) is 0. The highest BCUT2D eigenvalue weighted by molar-refractivity contribution is 5.92. The van der Waals surface area contributed by atoms with E-state index in [0.29, 0.717) is 0 Å². The van der Waals surface area contributed by atoms with E-state index in [9.17, 15) is 4.79 Å². The number of hydrogen-bond donors (Lipinski definition) is 0. The van der Waals surface area contributed by atoms with Crippen LogP contribution in [-0.4, -0.2) is 17.7 Å². The molecule has 0 radical (unpaired) electrons. The third-order valence-electron chi connectivity index (χ3n) is 1.54. The van der Waals surface area contributed by atoms with Crippen molar-refractivity contribution in [1.29, 1.82) is 0 Å². The smallest absolute Gasteiger partial charge is 0.156 e. The fraction of sp³-hybridized carbons (Fsp3) is 0.444. The van der Waals surface area contributed by atoms with Crippen LogP contribution >= 0.6 is 0 Å². The van der Waals surface area contributed by atoms with Gasteiger partial charge in [-0.3, -0.25) is 4.79 Å². The van der Waals surface area contributed by atoms with E-state index in [2.05, 4.69) is 6.58 Å². The third-order valence-corrected chi connectivity index (χ3v) is 1.54. The minimum atomic E-state index is 0.0955. The Balaban J connectivity index is 4.31. The summed E-state index contributed by atoms with van der Waals surface area (Å²) in [6, 6.07) is 0. The highest BCUT2D eigenvalue weighted by atomic mass is 16.1. The van der Waals surface area contributed by atoms with Gasteiger partial charge in [0.15, 0.2) is 5.78 Å². The van der Waals surface area contributed by atoms with Gasteiger partial charge >= 0.3 is 0 Å². The van der Waals surface area contributed by atoms with E-state index in [1.165, 1.54) is 0 Å². The Hall–Kier alpha value is -1.05. The largest absolute Gasteiger partial charge is 0.355 e. The van der Waals surface area contributed by atoms with Crippen molar-refractivity contribution in [2.75, 3.05) is 7.05 Å². The summed E-state index contributed by atoms with van der Waals surface area (Å²) >= 11 is 0. The van der Waals surface area contributed by atoms with Crippen LogP contribution in [0.25, 0.3) is 0 Å². The monoisotopic (exact) mass is 153 g/mol. The number of carbonyl (C=O) groups excluding carboxylic acids is 1. The topological polar surface area (TPSA) is 20.3 Å². The number of carbonyl (C=O) groups is 1. The Morgan fingerprint density at radius 3 is 2.09 bits per heavy atom. The molecule has 0 fully saturated rings. The first-order valence-electron chi connectivity index (χ1n) is 3.53. The lowest BCUT2D eigenvalue weighted by Gasteiger charge is -2.13. The number of ketones is 1. The first-order valence-corrected chi connectivity index (χ1v) is 3.53. The maximum atomic E-state index is 10.8. The van der Waals surface area contributed by atoms with Gasteiger partial charge in [-0.1, -0.05) is 6.58 Å². The summed E-state index contributed by atoms with van der Waals surface area (Å²) in [5.41, 5.74) is 1.67. The minimum absolute atomic E-state index is 0.0955. The fourth-order valence-electron chi connectivity index (χ4n) is 0.492. The molecule has 11 heavy (non-hydrogen) atoms. The van der Waals surface area contributed by atoms with E-state index in [4.69, 9.17) is 0 Å². The highest BCUT2D eigenvalue weighted by Gasteiger charge is 1.97. The van der Waals surface area contributed by atoms with Crippen molar-refractivity contribution in [2.45, 2.75) is 20.8 Å². The van der Waals surface area contributed by atoms with Gasteiger partial charge in [-0.15, -0.1) is 0 Å². The molecule has 0 aromatic heterocycles. The van der Waals surface area contributed by atoms with Crippen LogP contribution in [-0.2, 0) is 4.79 Å². The highest BCUT2D eigenvalue weighted by Crippen LogP contribution is 2.01. The summed E-state index contributed by atoms with van der Waals surface area (Å²) in [6.45, 7) is 8.98. The van der Waals surface area contributed by atoms with Crippen molar-refractivity contribution in [3.05, 3.63) is 24.0 Å². The number of rotatable bonds is 3. The fourth-order valence-corrected chi connectivity index (χ4v) is 0.492. The zero-order chi connectivity index (χ0) is 9.02. The second-order valence-electron chi connectivity index (χ2n) is 2.71. The Bertz CT molecular complexity index is 204. The average Bonchev–Trinajstić information content (AvgIpc) is 1.87. The van der Waals surface area contributed by atoms with Crippen molar-refractivity contribution in [3.8, 4) is 0 Å². The Kier molecular flexibility index (Phi) is 3.58. The third kappa shape index (κ3) is 3.61. The molecule has 0 atom stereocenters. The van der Waals surface area contributed by atoms with Gasteiger partial charge < -0.3 is 4.90 Å². The molecule has 0 rings (SSSR count). The molecule has 0 N–H and O–H groups in total. The lowest BCUT2D eigenvalue weighted by molar-refractivity contribution is -0.113. The minimum Gasteiger partial charge on any atom is -0.355 e. The lowest BCUT2D eigenvalue weighted by atomic mass is 10.2. The van der Waals surface area contributed by atoms with Crippen LogP contribution in [0.4, 0.5) is 0 Å². The second kappa shape index (κ2) is 3.96. The molecule has 0 aromatic carbocycles. The molecule has 0 aromatic rings. The number of Topliss-reactive ketones (excluding diaryl/α,β-unsaturated/α-hetero) is 1. The zero-order valence-corrected chi connectivity index (χ0v) is 7.64. The quantitative estimate of drug-likeness (QED) is 0.577. The first kappa shape index (κ1) is 9.95. The summed E-state index contributed by atoms with van der Waals surface area (Å²) in [5.74, 6) is 0.0955. The second-order valence-corrected chi connectivity index (χ2v) is 2.71. The molecule has 2 heteroatoms. The SMILES string of the molecule is C=C(C)N(C)/C=C(/C)C(C)=O. The molecule has 2 nitrogen and oxygen atoms in total. The zero-order valence-electron chi connectivity index (χ0n) is 7.64. The van der Waals surface area contributed by atoms with E-state index in [0.717, 1.165) is 11.3 Å². The molecule has 0 aliphatic heterocycles. The van der Waals surface area contributed by atoms with Crippen LogP contribution in [0.15, 0.2) is 24.0 Å². The molecule has 0 unspecified atom stereocenters. The molecule has 0 heterocycles. The molecule has 0 spiro atoms. The normalized spacial score (nSPS) is 11.1. The van der Waals surface area contributed by atoms with Gasteiger partial charge in [-0.2, -0.15) is 0 Å². The van der Waals surface area contributed by atoms with Crippen LogP contribution in [0, 0.1) is 0 Å². The van der Waals surface area contributed by atoms with Gasteiger partial charge in [0.05, 0.1) is 0 Å². The predicted octanol–water partition coefficient (Wildman–Crippen LogP) is 1.94. The number of hydrogen-bond acceptors (Lipinski definition) is 2.